The summed E-state index contributed by atoms with van der Waals surface area (Å²) in [6, 6.07) is 20.5. The maximum Gasteiger partial charge on any atom is 0.227 e. The predicted molar refractivity (Wildman–Crippen MR) is 92.6 cm³/mol. The molecule has 2 aromatic rings. The van der Waals surface area contributed by atoms with Crippen LogP contribution >= 0.6 is 0 Å². The van der Waals surface area contributed by atoms with Crippen LogP contribution in [0.15, 0.2) is 54.6 Å². The van der Waals surface area contributed by atoms with Crippen molar-refractivity contribution in [1.29, 1.82) is 5.26 Å². The lowest BCUT2D eigenvalue weighted by Crippen LogP contribution is -2.35. The Hall–Kier alpha value is -2.60. The fourth-order valence-electron chi connectivity index (χ4n) is 2.51. The van der Waals surface area contributed by atoms with Gasteiger partial charge in [-0.05, 0) is 30.5 Å². The lowest BCUT2D eigenvalue weighted by atomic mass is 10.0. The summed E-state index contributed by atoms with van der Waals surface area (Å²) < 4.78 is 0. The molecule has 0 heterocycles. The van der Waals surface area contributed by atoms with Gasteiger partial charge in [-0.3, -0.25) is 4.79 Å². The second-order valence-corrected chi connectivity index (χ2v) is 5.70. The molecule has 0 saturated carbocycles. The van der Waals surface area contributed by atoms with E-state index in [-0.39, 0.29) is 11.8 Å². The summed E-state index contributed by atoms with van der Waals surface area (Å²) in [6.07, 6.45) is 0.376. The highest BCUT2D eigenvalue weighted by Gasteiger charge is 2.15. The minimum absolute atomic E-state index is 0.0714. The molecule has 0 aliphatic heterocycles. The number of nitrogens with zero attached hydrogens (tertiary/aromatic N) is 2. The lowest BCUT2D eigenvalue weighted by Gasteiger charge is -2.22. The van der Waals surface area contributed by atoms with Gasteiger partial charge in [-0.15, -0.1) is 0 Å². The summed E-state index contributed by atoms with van der Waals surface area (Å²) in [6.45, 7) is 4.91. The summed E-state index contributed by atoms with van der Waals surface area (Å²) in [5, 5.41) is 8.90. The summed E-state index contributed by atoms with van der Waals surface area (Å²) in [7, 11) is 0. The van der Waals surface area contributed by atoms with Crippen molar-refractivity contribution < 1.29 is 4.79 Å². The quantitative estimate of drug-likeness (QED) is 0.812. The first-order chi connectivity index (χ1) is 11.1. The Balaban J connectivity index is 2.03. The largest absolute Gasteiger partial charge is 0.341 e. The number of carbonyl (C=O) groups is 1. The number of nitriles is 1. The van der Waals surface area contributed by atoms with Gasteiger partial charge in [0.1, 0.15) is 0 Å². The summed E-state index contributed by atoms with van der Waals surface area (Å²) in [4.78, 5) is 14.1. The molecule has 0 spiro atoms. The molecule has 3 nitrogen and oxygen atoms in total. The average molecular weight is 306 g/mol. The topological polar surface area (TPSA) is 44.1 Å². The molecule has 118 valence electrons. The zero-order valence-electron chi connectivity index (χ0n) is 13.7. The monoisotopic (exact) mass is 306 g/mol. The molecule has 3 heteroatoms. The van der Waals surface area contributed by atoms with Crippen LogP contribution in [0.2, 0.25) is 0 Å². The van der Waals surface area contributed by atoms with E-state index in [1.807, 2.05) is 56.3 Å². The summed E-state index contributed by atoms with van der Waals surface area (Å²) >= 11 is 0. The molecule has 1 atom stereocenters. The number of hydrogen-bond donors (Lipinski definition) is 0. The average Bonchev–Trinajstić information content (AvgIpc) is 2.60. The van der Waals surface area contributed by atoms with Crippen molar-refractivity contribution in [3.63, 3.8) is 0 Å². The van der Waals surface area contributed by atoms with E-state index in [1.165, 1.54) is 5.56 Å². The fraction of sp³-hybridized carbons (Fsp3) is 0.300. The molecule has 0 saturated heterocycles. The molecule has 0 aromatic heterocycles. The van der Waals surface area contributed by atoms with Crippen LogP contribution in [0.3, 0.4) is 0 Å². The molecule has 0 aliphatic carbocycles. The van der Waals surface area contributed by atoms with E-state index in [9.17, 15) is 4.79 Å². The lowest BCUT2D eigenvalue weighted by molar-refractivity contribution is -0.130. The molecule has 0 radical (unpaired) electrons. The van der Waals surface area contributed by atoms with Crippen molar-refractivity contribution in [2.24, 2.45) is 5.92 Å². The highest BCUT2D eigenvalue weighted by molar-refractivity contribution is 5.79. The highest BCUT2D eigenvalue weighted by atomic mass is 16.2. The van der Waals surface area contributed by atoms with Gasteiger partial charge in [0.05, 0.1) is 18.4 Å². The Morgan fingerprint density at radius 1 is 1.09 bits per heavy atom. The van der Waals surface area contributed by atoms with Gasteiger partial charge in [0, 0.05) is 13.1 Å². The van der Waals surface area contributed by atoms with Crippen molar-refractivity contribution in [2.45, 2.75) is 20.3 Å². The molecule has 2 aromatic carbocycles. The van der Waals surface area contributed by atoms with E-state index < -0.39 is 0 Å². The van der Waals surface area contributed by atoms with Crippen LogP contribution < -0.4 is 0 Å². The zero-order chi connectivity index (χ0) is 16.7. The molecule has 0 unspecified atom stereocenters. The number of likely N-dealkylation sites (N-methyl/N-ethyl adjacent to an activating group) is 1. The van der Waals surface area contributed by atoms with Crippen molar-refractivity contribution in [3.05, 3.63) is 60.2 Å². The van der Waals surface area contributed by atoms with Gasteiger partial charge in [0.15, 0.2) is 0 Å². The number of benzene rings is 2. The van der Waals surface area contributed by atoms with E-state index >= 15 is 0 Å². The van der Waals surface area contributed by atoms with Crippen molar-refractivity contribution >= 4 is 5.91 Å². The van der Waals surface area contributed by atoms with Crippen LogP contribution in [-0.2, 0) is 11.2 Å². The van der Waals surface area contributed by atoms with E-state index in [1.54, 1.807) is 4.90 Å². The molecule has 0 bridgehead atoms. The molecule has 2 rings (SSSR count). The smallest absolute Gasteiger partial charge is 0.227 e. The molecule has 23 heavy (non-hydrogen) atoms. The van der Waals surface area contributed by atoms with Crippen LogP contribution in [-0.4, -0.2) is 23.9 Å². The van der Waals surface area contributed by atoms with Crippen molar-refractivity contribution in [2.75, 3.05) is 13.1 Å². The van der Waals surface area contributed by atoms with E-state index in [0.717, 1.165) is 11.1 Å². The van der Waals surface area contributed by atoms with Crippen molar-refractivity contribution in [1.82, 2.24) is 4.90 Å². The first-order valence-electron chi connectivity index (χ1n) is 7.95. The standard InChI is InChI=1S/C20H22N2O/c1-3-22(15-16(2)14-21)20(23)13-17-9-11-19(12-10-17)18-7-5-4-6-8-18/h4-12,16H,3,13,15H2,1-2H3/t16-/m1/s1. The normalized spacial score (nSPS) is 11.5. The Morgan fingerprint density at radius 2 is 1.70 bits per heavy atom. The molecule has 0 aliphatic rings. The third-order valence-electron chi connectivity index (χ3n) is 3.87. The van der Waals surface area contributed by atoms with Crippen LogP contribution in [0.4, 0.5) is 0 Å². The maximum absolute atomic E-state index is 12.4. The summed E-state index contributed by atoms with van der Waals surface area (Å²) in [5.74, 6) is -0.0681. The summed E-state index contributed by atoms with van der Waals surface area (Å²) in [5.41, 5.74) is 3.31. The van der Waals surface area contributed by atoms with Gasteiger partial charge in [0.25, 0.3) is 0 Å². The Kier molecular flexibility index (Phi) is 5.94. The molecular weight excluding hydrogens is 284 g/mol. The first kappa shape index (κ1) is 16.8. The third-order valence-corrected chi connectivity index (χ3v) is 3.87. The minimum atomic E-state index is -0.139. The SMILES string of the molecule is CCN(C[C@H](C)C#N)C(=O)Cc1ccc(-c2ccccc2)cc1. The van der Waals surface area contributed by atoms with Gasteiger partial charge >= 0.3 is 0 Å². The predicted octanol–water partition coefficient (Wildman–Crippen LogP) is 3.90. The van der Waals surface area contributed by atoms with E-state index in [0.29, 0.717) is 19.5 Å². The van der Waals surface area contributed by atoms with Crippen LogP contribution in [0.25, 0.3) is 11.1 Å². The number of rotatable bonds is 6. The maximum atomic E-state index is 12.4. The van der Waals surface area contributed by atoms with Gasteiger partial charge in [-0.2, -0.15) is 5.26 Å². The van der Waals surface area contributed by atoms with Crippen molar-refractivity contribution in [3.8, 4) is 17.2 Å². The highest BCUT2D eigenvalue weighted by Crippen LogP contribution is 2.19. The van der Waals surface area contributed by atoms with Gasteiger partial charge in [0.2, 0.25) is 5.91 Å². The minimum Gasteiger partial charge on any atom is -0.341 e. The fourth-order valence-corrected chi connectivity index (χ4v) is 2.51. The number of carbonyl (C=O) groups excluding carboxylic acids is 1. The van der Waals surface area contributed by atoms with Crippen LogP contribution in [0.5, 0.6) is 0 Å². The third kappa shape index (κ3) is 4.69. The molecule has 1 amide bonds. The van der Waals surface area contributed by atoms with E-state index in [4.69, 9.17) is 5.26 Å². The second kappa shape index (κ2) is 8.14. The molecular formula is C20H22N2O. The Morgan fingerprint density at radius 3 is 2.26 bits per heavy atom. The van der Waals surface area contributed by atoms with Crippen LogP contribution in [0.1, 0.15) is 19.4 Å². The second-order valence-electron chi connectivity index (χ2n) is 5.70. The van der Waals surface area contributed by atoms with Gasteiger partial charge < -0.3 is 4.90 Å². The van der Waals surface area contributed by atoms with Gasteiger partial charge in [-0.1, -0.05) is 54.6 Å². The Bertz CT molecular complexity index is 671. The number of amides is 1. The molecule has 0 N–H and O–H groups in total. The van der Waals surface area contributed by atoms with E-state index in [2.05, 4.69) is 18.2 Å². The zero-order valence-corrected chi connectivity index (χ0v) is 13.7. The molecule has 0 fully saturated rings. The van der Waals surface area contributed by atoms with Crippen LogP contribution in [0, 0.1) is 17.2 Å². The Labute approximate surface area is 138 Å². The number of hydrogen-bond acceptors (Lipinski definition) is 2. The van der Waals surface area contributed by atoms with Gasteiger partial charge in [-0.25, -0.2) is 0 Å². The first-order valence-corrected chi connectivity index (χ1v) is 7.95.